The van der Waals surface area contributed by atoms with Crippen molar-refractivity contribution in [2.75, 3.05) is 18.8 Å². The zero-order valence-corrected chi connectivity index (χ0v) is 21.0. The van der Waals surface area contributed by atoms with Crippen molar-refractivity contribution in [2.24, 2.45) is 33.7 Å². The van der Waals surface area contributed by atoms with E-state index in [0.29, 0.717) is 32.4 Å². The molecule has 4 atom stereocenters. The van der Waals surface area contributed by atoms with Crippen LogP contribution in [0.1, 0.15) is 44.9 Å². The predicted molar refractivity (Wildman–Crippen MR) is 137 cm³/mol. The van der Waals surface area contributed by atoms with Gasteiger partial charge in [-0.3, -0.25) is 24.2 Å². The van der Waals surface area contributed by atoms with Gasteiger partial charge in [0.05, 0.1) is 6.04 Å². The number of aliphatic imine (C=N–C) groups is 1. The summed E-state index contributed by atoms with van der Waals surface area (Å²) in [4.78, 5) is 64.1. The molecule has 0 aliphatic heterocycles. The number of carbonyl (C=O) groups is 5. The van der Waals surface area contributed by atoms with Gasteiger partial charge < -0.3 is 49.7 Å². The number of carbonyl (C=O) groups excluding carboxylic acids is 4. The average molecular weight is 534 g/mol. The molecule has 4 amide bonds. The number of hydrogen-bond acceptors (Lipinski definition) is 9. The standard InChI is InChI=1S/C20H39N9O6S/c21-8-2-1-5-12(27-16(31)11(22)4-3-9-26-20(24)25)17(32)29-14(10-36)18(33)28-13(19(34)35)6-7-15(23)30/h11-14,36H,1-10,21-22H2,(H2,23,30)(H,27,31)(H,28,33)(H,29,32)(H,34,35)(H4,24,25,26). The second-order valence-corrected chi connectivity index (χ2v) is 8.41. The van der Waals surface area contributed by atoms with Crippen LogP contribution < -0.4 is 44.6 Å². The lowest BCUT2D eigenvalue weighted by molar-refractivity contribution is -0.142. The molecule has 0 spiro atoms. The summed E-state index contributed by atoms with van der Waals surface area (Å²) in [5.74, 6) is -4.39. The third-order valence-corrected chi connectivity index (χ3v) is 5.36. The third kappa shape index (κ3) is 14.3. The molecule has 4 unspecified atom stereocenters. The summed E-state index contributed by atoms with van der Waals surface area (Å²) in [6, 6.07) is -4.54. The number of nitrogens with one attached hydrogen (secondary N) is 3. The summed E-state index contributed by atoms with van der Waals surface area (Å²) in [6.45, 7) is 0.676. The number of hydrogen-bond donors (Lipinski definition) is 10. The van der Waals surface area contributed by atoms with Gasteiger partial charge in [0.25, 0.3) is 0 Å². The molecule has 0 aromatic rings. The van der Waals surface area contributed by atoms with Crippen LogP contribution in [0.15, 0.2) is 4.99 Å². The second kappa shape index (κ2) is 18.2. The predicted octanol–water partition coefficient (Wildman–Crippen LogP) is -3.77. The largest absolute Gasteiger partial charge is 0.480 e. The molecular weight excluding hydrogens is 494 g/mol. The Morgan fingerprint density at radius 1 is 0.806 bits per heavy atom. The maximum absolute atomic E-state index is 12.9. The van der Waals surface area contributed by atoms with Gasteiger partial charge in [-0.25, -0.2) is 4.79 Å². The van der Waals surface area contributed by atoms with Crippen LogP contribution in [-0.4, -0.2) is 83.7 Å². The van der Waals surface area contributed by atoms with E-state index in [9.17, 15) is 29.1 Å². The van der Waals surface area contributed by atoms with E-state index in [1.165, 1.54) is 0 Å². The fourth-order valence-corrected chi connectivity index (χ4v) is 3.23. The minimum Gasteiger partial charge on any atom is -0.480 e. The normalized spacial score (nSPS) is 14.0. The summed E-state index contributed by atoms with van der Waals surface area (Å²) >= 11 is 4.06. The zero-order valence-electron chi connectivity index (χ0n) is 20.2. The van der Waals surface area contributed by atoms with Gasteiger partial charge in [0, 0.05) is 18.7 Å². The van der Waals surface area contributed by atoms with Gasteiger partial charge in [-0.05, 0) is 45.1 Å². The Kier molecular flexibility index (Phi) is 16.6. The summed E-state index contributed by atoms with van der Waals surface area (Å²) in [5.41, 5.74) is 26.9. The Morgan fingerprint density at radius 3 is 1.92 bits per heavy atom. The van der Waals surface area contributed by atoms with E-state index < -0.39 is 53.8 Å². The first-order chi connectivity index (χ1) is 16.9. The van der Waals surface area contributed by atoms with Crippen LogP contribution in [0.3, 0.4) is 0 Å². The highest BCUT2D eigenvalue weighted by molar-refractivity contribution is 7.80. The molecule has 0 saturated carbocycles. The van der Waals surface area contributed by atoms with Gasteiger partial charge in [-0.15, -0.1) is 0 Å². The van der Waals surface area contributed by atoms with E-state index >= 15 is 0 Å². The topological polar surface area (TPSA) is 284 Å². The van der Waals surface area contributed by atoms with Crippen molar-refractivity contribution in [3.8, 4) is 0 Å². The Morgan fingerprint density at radius 2 is 1.39 bits per heavy atom. The SMILES string of the molecule is NCCCCC(NC(=O)C(N)CCCN=C(N)N)C(=O)NC(CS)C(=O)NC(CCC(N)=O)C(=O)O. The molecule has 0 aliphatic rings. The van der Waals surface area contributed by atoms with Crippen LogP contribution in [0, 0.1) is 0 Å². The number of guanidine groups is 1. The van der Waals surface area contributed by atoms with Crippen molar-refractivity contribution in [2.45, 2.75) is 69.1 Å². The number of amides is 4. The number of aliphatic carboxylic acids is 1. The molecular formula is C20H39N9O6S. The fraction of sp³-hybridized carbons (Fsp3) is 0.700. The summed E-state index contributed by atoms with van der Waals surface area (Å²) in [5, 5.41) is 16.6. The maximum Gasteiger partial charge on any atom is 0.326 e. The average Bonchev–Trinajstić information content (AvgIpc) is 2.81. The van der Waals surface area contributed by atoms with Gasteiger partial charge in [-0.2, -0.15) is 12.6 Å². The van der Waals surface area contributed by atoms with E-state index in [1.807, 2.05) is 0 Å². The molecule has 36 heavy (non-hydrogen) atoms. The van der Waals surface area contributed by atoms with Crippen LogP contribution >= 0.6 is 12.6 Å². The molecule has 0 fully saturated rings. The first-order valence-corrected chi connectivity index (χ1v) is 12.1. The van der Waals surface area contributed by atoms with Crippen LogP contribution in [0.25, 0.3) is 0 Å². The van der Waals surface area contributed by atoms with Gasteiger partial charge in [0.2, 0.25) is 23.6 Å². The van der Waals surface area contributed by atoms with Crippen LogP contribution in [0.5, 0.6) is 0 Å². The lowest BCUT2D eigenvalue weighted by Gasteiger charge is -2.24. The van der Waals surface area contributed by atoms with E-state index in [-0.39, 0.29) is 37.4 Å². The van der Waals surface area contributed by atoms with Gasteiger partial charge in [-0.1, -0.05) is 0 Å². The van der Waals surface area contributed by atoms with Crippen molar-refractivity contribution in [1.29, 1.82) is 0 Å². The van der Waals surface area contributed by atoms with Crippen LogP contribution in [-0.2, 0) is 24.0 Å². The molecule has 0 aliphatic carbocycles. The molecule has 0 aromatic heterocycles. The zero-order chi connectivity index (χ0) is 27.7. The molecule has 206 valence electrons. The Hall–Kier alpha value is -3.11. The fourth-order valence-electron chi connectivity index (χ4n) is 2.97. The van der Waals surface area contributed by atoms with E-state index in [4.69, 9.17) is 28.7 Å². The summed E-state index contributed by atoms with van der Waals surface area (Å²) in [7, 11) is 0. The maximum atomic E-state index is 12.9. The van der Waals surface area contributed by atoms with Gasteiger partial charge in [0.1, 0.15) is 18.1 Å². The Labute approximate surface area is 215 Å². The van der Waals surface area contributed by atoms with E-state index in [1.54, 1.807) is 0 Å². The summed E-state index contributed by atoms with van der Waals surface area (Å²) in [6.07, 6.45) is 1.58. The number of nitrogens with two attached hydrogens (primary N) is 5. The third-order valence-electron chi connectivity index (χ3n) is 4.99. The molecule has 15 nitrogen and oxygen atoms in total. The molecule has 0 aromatic carbocycles. The van der Waals surface area contributed by atoms with Gasteiger partial charge >= 0.3 is 5.97 Å². The molecule has 14 N–H and O–H groups in total. The van der Waals surface area contributed by atoms with Crippen LogP contribution in [0.2, 0.25) is 0 Å². The number of nitrogens with zero attached hydrogens (tertiary/aromatic N) is 1. The molecule has 0 radical (unpaired) electrons. The van der Waals surface area contributed by atoms with Gasteiger partial charge in [0.15, 0.2) is 5.96 Å². The second-order valence-electron chi connectivity index (χ2n) is 8.05. The molecule has 0 heterocycles. The smallest absolute Gasteiger partial charge is 0.326 e. The highest BCUT2D eigenvalue weighted by Crippen LogP contribution is 2.05. The quantitative estimate of drug-likeness (QED) is 0.0334. The van der Waals surface area contributed by atoms with Crippen molar-refractivity contribution < 1.29 is 29.1 Å². The van der Waals surface area contributed by atoms with Crippen molar-refractivity contribution >= 4 is 48.2 Å². The number of carboxylic acids is 1. The highest BCUT2D eigenvalue weighted by Gasteiger charge is 2.29. The Balaban J connectivity index is 5.20. The monoisotopic (exact) mass is 533 g/mol. The number of rotatable bonds is 19. The molecule has 0 rings (SSSR count). The van der Waals surface area contributed by atoms with E-state index in [2.05, 4.69) is 33.6 Å². The number of carboxylic acid groups (broad SMARTS) is 1. The molecule has 0 bridgehead atoms. The minimum absolute atomic E-state index is 0.0741. The molecule has 16 heteroatoms. The number of primary amides is 1. The van der Waals surface area contributed by atoms with Crippen molar-refractivity contribution in [3.63, 3.8) is 0 Å². The highest BCUT2D eigenvalue weighted by atomic mass is 32.1. The molecule has 0 saturated heterocycles. The number of unbranched alkanes of at least 4 members (excludes halogenated alkanes) is 1. The first-order valence-electron chi connectivity index (χ1n) is 11.5. The van der Waals surface area contributed by atoms with E-state index in [0.717, 1.165) is 0 Å². The first kappa shape index (κ1) is 32.9. The lowest BCUT2D eigenvalue weighted by Crippen LogP contribution is -2.57. The lowest BCUT2D eigenvalue weighted by atomic mass is 10.1. The number of thiol groups is 1. The summed E-state index contributed by atoms with van der Waals surface area (Å²) < 4.78 is 0. The Bertz CT molecular complexity index is 779. The van der Waals surface area contributed by atoms with Crippen molar-refractivity contribution in [3.05, 3.63) is 0 Å². The van der Waals surface area contributed by atoms with Crippen molar-refractivity contribution in [1.82, 2.24) is 16.0 Å². The van der Waals surface area contributed by atoms with Crippen LogP contribution in [0.4, 0.5) is 0 Å². The minimum atomic E-state index is -1.39.